The Bertz CT molecular complexity index is 512. The predicted octanol–water partition coefficient (Wildman–Crippen LogP) is 3.37. The Morgan fingerprint density at radius 3 is 2.62 bits per heavy atom. The van der Waals surface area contributed by atoms with Gasteiger partial charge in [0.1, 0.15) is 0 Å². The van der Waals surface area contributed by atoms with Gasteiger partial charge in [-0.05, 0) is 56.2 Å². The summed E-state index contributed by atoms with van der Waals surface area (Å²) in [5.41, 5.74) is 3.84. The Morgan fingerprint density at radius 2 is 1.95 bits per heavy atom. The van der Waals surface area contributed by atoms with Gasteiger partial charge in [-0.25, -0.2) is 0 Å². The molecule has 3 heteroatoms. The molecule has 1 aromatic carbocycles. The molecular weight excluding hydrogens is 262 g/mol. The second-order valence-electron chi connectivity index (χ2n) is 6.57. The van der Waals surface area contributed by atoms with E-state index in [4.69, 9.17) is 4.74 Å². The zero-order chi connectivity index (χ0) is 14.9. The highest BCUT2D eigenvalue weighted by Gasteiger charge is 2.38. The lowest BCUT2D eigenvalue weighted by atomic mass is 9.92. The second-order valence-corrected chi connectivity index (χ2v) is 6.57. The average Bonchev–Trinajstić information content (AvgIpc) is 2.87. The van der Waals surface area contributed by atoms with Crippen LogP contribution in [0.3, 0.4) is 0 Å². The van der Waals surface area contributed by atoms with E-state index in [1.165, 1.54) is 16.7 Å². The Morgan fingerprint density at radius 1 is 1.19 bits per heavy atom. The number of aryl methyl sites for hydroxylation is 2. The van der Waals surface area contributed by atoms with Crippen molar-refractivity contribution in [3.63, 3.8) is 0 Å². The molecule has 0 unspecified atom stereocenters. The maximum Gasteiger partial charge on any atom is 0.222 e. The molecule has 2 aliphatic heterocycles. The molecule has 2 aliphatic rings. The summed E-state index contributed by atoms with van der Waals surface area (Å²) in [6.45, 7) is 6.70. The molecule has 0 aliphatic carbocycles. The average molecular weight is 287 g/mol. The third-order valence-corrected chi connectivity index (χ3v) is 5.16. The van der Waals surface area contributed by atoms with Gasteiger partial charge in [-0.1, -0.05) is 18.2 Å². The standard InChI is InChI=1S/C18H25NO2/c1-14-5-3-6-15(2)16(14)13-19-11-10-18(8-4-12-21-18)9-7-17(19)20/h3,5-6H,4,7-13H2,1-2H3/t18-/m0/s1. The van der Waals surface area contributed by atoms with Crippen molar-refractivity contribution in [2.24, 2.45) is 0 Å². The first-order valence-corrected chi connectivity index (χ1v) is 8.06. The Balaban J connectivity index is 1.75. The van der Waals surface area contributed by atoms with Crippen LogP contribution < -0.4 is 0 Å². The predicted molar refractivity (Wildman–Crippen MR) is 83.1 cm³/mol. The molecule has 114 valence electrons. The number of likely N-dealkylation sites (tertiary alicyclic amines) is 1. The Hall–Kier alpha value is -1.35. The quantitative estimate of drug-likeness (QED) is 0.834. The van der Waals surface area contributed by atoms with Crippen molar-refractivity contribution in [3.8, 4) is 0 Å². The van der Waals surface area contributed by atoms with E-state index in [1.807, 2.05) is 4.90 Å². The third kappa shape index (κ3) is 2.98. The number of hydrogen-bond acceptors (Lipinski definition) is 2. The highest BCUT2D eigenvalue weighted by molar-refractivity contribution is 5.76. The van der Waals surface area contributed by atoms with Gasteiger partial charge in [0.25, 0.3) is 0 Å². The fourth-order valence-electron chi connectivity index (χ4n) is 3.69. The number of hydrogen-bond donors (Lipinski definition) is 0. The topological polar surface area (TPSA) is 29.5 Å². The molecule has 2 fully saturated rings. The fraction of sp³-hybridized carbons (Fsp3) is 0.611. The van der Waals surface area contributed by atoms with Crippen LogP contribution in [0.15, 0.2) is 18.2 Å². The number of amides is 1. The highest BCUT2D eigenvalue weighted by atomic mass is 16.5. The van der Waals surface area contributed by atoms with E-state index in [1.54, 1.807) is 0 Å². The van der Waals surface area contributed by atoms with Crippen molar-refractivity contribution >= 4 is 5.91 Å². The van der Waals surface area contributed by atoms with Crippen LogP contribution in [0.4, 0.5) is 0 Å². The molecule has 2 heterocycles. The van der Waals surface area contributed by atoms with Crippen LogP contribution in [-0.2, 0) is 16.1 Å². The molecule has 3 nitrogen and oxygen atoms in total. The zero-order valence-electron chi connectivity index (χ0n) is 13.2. The van der Waals surface area contributed by atoms with Crippen molar-refractivity contribution in [2.45, 2.75) is 58.1 Å². The van der Waals surface area contributed by atoms with Gasteiger partial charge in [0.05, 0.1) is 5.60 Å². The minimum Gasteiger partial charge on any atom is -0.375 e. The van der Waals surface area contributed by atoms with E-state index >= 15 is 0 Å². The minimum absolute atomic E-state index is 0.00874. The number of carbonyl (C=O) groups excluding carboxylic acids is 1. The van der Waals surface area contributed by atoms with Crippen molar-refractivity contribution in [1.29, 1.82) is 0 Å². The first-order valence-electron chi connectivity index (χ1n) is 8.06. The van der Waals surface area contributed by atoms with E-state index in [9.17, 15) is 4.79 Å². The summed E-state index contributed by atoms with van der Waals surface area (Å²) in [7, 11) is 0. The molecule has 1 aromatic rings. The summed E-state index contributed by atoms with van der Waals surface area (Å²) < 4.78 is 5.98. The molecule has 3 rings (SSSR count). The molecule has 0 radical (unpaired) electrons. The van der Waals surface area contributed by atoms with Crippen LogP contribution in [0, 0.1) is 13.8 Å². The largest absolute Gasteiger partial charge is 0.375 e. The molecule has 1 atom stereocenters. The summed E-state index contributed by atoms with van der Waals surface area (Å²) in [6, 6.07) is 6.35. The Kier molecular flexibility index (Phi) is 4.03. The minimum atomic E-state index is -0.00874. The summed E-state index contributed by atoms with van der Waals surface area (Å²) in [5, 5.41) is 0. The monoisotopic (exact) mass is 287 g/mol. The van der Waals surface area contributed by atoms with Gasteiger partial charge in [-0.2, -0.15) is 0 Å². The first-order chi connectivity index (χ1) is 10.1. The van der Waals surface area contributed by atoms with Gasteiger partial charge < -0.3 is 9.64 Å². The lowest BCUT2D eigenvalue weighted by molar-refractivity contribution is -0.131. The summed E-state index contributed by atoms with van der Waals surface area (Å²) in [4.78, 5) is 14.5. The number of nitrogens with zero attached hydrogens (tertiary/aromatic N) is 1. The molecular formula is C18H25NO2. The van der Waals surface area contributed by atoms with E-state index in [0.717, 1.165) is 45.4 Å². The second kappa shape index (κ2) is 5.80. The highest BCUT2D eigenvalue weighted by Crippen LogP contribution is 2.36. The summed E-state index contributed by atoms with van der Waals surface area (Å²) in [5.74, 6) is 0.282. The molecule has 0 N–H and O–H groups in total. The van der Waals surface area contributed by atoms with E-state index in [0.29, 0.717) is 6.42 Å². The summed E-state index contributed by atoms with van der Waals surface area (Å²) in [6.07, 6.45) is 4.78. The number of ether oxygens (including phenoxy) is 1. The Labute approximate surface area is 127 Å². The van der Waals surface area contributed by atoms with Crippen LogP contribution in [0.5, 0.6) is 0 Å². The van der Waals surface area contributed by atoms with Gasteiger partial charge in [-0.3, -0.25) is 4.79 Å². The fourth-order valence-corrected chi connectivity index (χ4v) is 3.69. The van der Waals surface area contributed by atoms with E-state index < -0.39 is 0 Å². The van der Waals surface area contributed by atoms with Gasteiger partial charge in [0, 0.05) is 26.1 Å². The summed E-state index contributed by atoms with van der Waals surface area (Å²) >= 11 is 0. The lowest BCUT2D eigenvalue weighted by Gasteiger charge is -2.27. The van der Waals surface area contributed by atoms with Crippen molar-refractivity contribution in [2.75, 3.05) is 13.2 Å². The van der Waals surface area contributed by atoms with E-state index in [2.05, 4.69) is 32.0 Å². The number of benzene rings is 1. The number of carbonyl (C=O) groups is 1. The maximum absolute atomic E-state index is 12.5. The normalized spacial score (nSPS) is 26.4. The van der Waals surface area contributed by atoms with E-state index in [-0.39, 0.29) is 11.5 Å². The van der Waals surface area contributed by atoms with Crippen molar-refractivity contribution in [1.82, 2.24) is 4.90 Å². The molecule has 1 amide bonds. The lowest BCUT2D eigenvalue weighted by Crippen LogP contribution is -2.32. The van der Waals surface area contributed by atoms with Crippen LogP contribution in [0.1, 0.15) is 48.8 Å². The zero-order valence-corrected chi connectivity index (χ0v) is 13.2. The van der Waals surface area contributed by atoms with Gasteiger partial charge in [0.15, 0.2) is 0 Å². The van der Waals surface area contributed by atoms with Crippen LogP contribution in [0.25, 0.3) is 0 Å². The van der Waals surface area contributed by atoms with Crippen LogP contribution >= 0.6 is 0 Å². The number of rotatable bonds is 2. The molecule has 0 aromatic heterocycles. The third-order valence-electron chi connectivity index (χ3n) is 5.16. The van der Waals surface area contributed by atoms with Crippen molar-refractivity contribution < 1.29 is 9.53 Å². The molecule has 1 spiro atoms. The SMILES string of the molecule is Cc1cccc(C)c1CN1CC[C@]2(CCCO2)CCC1=O. The van der Waals surface area contributed by atoms with Crippen LogP contribution in [0.2, 0.25) is 0 Å². The molecule has 0 bridgehead atoms. The van der Waals surface area contributed by atoms with Gasteiger partial charge in [0.2, 0.25) is 5.91 Å². The van der Waals surface area contributed by atoms with Gasteiger partial charge >= 0.3 is 0 Å². The molecule has 0 saturated carbocycles. The van der Waals surface area contributed by atoms with Crippen molar-refractivity contribution in [3.05, 3.63) is 34.9 Å². The van der Waals surface area contributed by atoms with Gasteiger partial charge in [-0.15, -0.1) is 0 Å². The first kappa shape index (κ1) is 14.6. The molecule has 2 saturated heterocycles. The maximum atomic E-state index is 12.5. The van der Waals surface area contributed by atoms with Crippen LogP contribution in [-0.4, -0.2) is 29.6 Å². The smallest absolute Gasteiger partial charge is 0.222 e. The molecule has 21 heavy (non-hydrogen) atoms.